The largest absolute Gasteiger partial charge is 0.480 e. The minimum Gasteiger partial charge on any atom is -0.480 e. The monoisotopic (exact) mass is 261 g/mol. The molecule has 1 amide bonds. The minimum atomic E-state index is -1.03. The molecular weight excluding hydrogens is 246 g/mol. The summed E-state index contributed by atoms with van der Waals surface area (Å²) in [7, 11) is 0. The van der Waals surface area contributed by atoms with E-state index >= 15 is 0 Å². The van der Waals surface area contributed by atoms with Crippen molar-refractivity contribution in [1.82, 2.24) is 14.7 Å². The molecule has 0 aliphatic heterocycles. The Hall–Kier alpha value is -2.37. The third kappa shape index (κ3) is 2.90. The number of carbonyl (C=O) groups is 2. The third-order valence-electron chi connectivity index (χ3n) is 2.78. The van der Waals surface area contributed by atoms with E-state index in [0.29, 0.717) is 18.5 Å². The van der Waals surface area contributed by atoms with Gasteiger partial charge in [0.25, 0.3) is 5.91 Å². The molecular formula is C13H15N3O3. The average molecular weight is 261 g/mol. The van der Waals surface area contributed by atoms with Crippen LogP contribution in [0.4, 0.5) is 0 Å². The highest BCUT2D eigenvalue weighted by atomic mass is 16.4. The highest BCUT2D eigenvalue weighted by Gasteiger charge is 2.20. The van der Waals surface area contributed by atoms with Crippen molar-refractivity contribution in [3.63, 3.8) is 0 Å². The molecule has 0 radical (unpaired) electrons. The van der Waals surface area contributed by atoms with Crippen LogP contribution < -0.4 is 5.32 Å². The Labute approximate surface area is 110 Å². The first-order chi connectivity index (χ1) is 9.11. The van der Waals surface area contributed by atoms with Crippen LogP contribution in [-0.2, 0) is 4.79 Å². The van der Waals surface area contributed by atoms with Crippen molar-refractivity contribution in [2.45, 2.75) is 25.8 Å². The molecule has 6 nitrogen and oxygen atoms in total. The van der Waals surface area contributed by atoms with Gasteiger partial charge in [0.1, 0.15) is 17.4 Å². The maximum atomic E-state index is 12.0. The number of aromatic nitrogens is 2. The van der Waals surface area contributed by atoms with Crippen molar-refractivity contribution >= 4 is 17.5 Å². The van der Waals surface area contributed by atoms with Crippen LogP contribution in [0, 0.1) is 0 Å². The number of pyridine rings is 1. The molecule has 0 aliphatic rings. The van der Waals surface area contributed by atoms with E-state index in [-0.39, 0.29) is 5.69 Å². The van der Waals surface area contributed by atoms with Gasteiger partial charge in [0, 0.05) is 12.4 Å². The van der Waals surface area contributed by atoms with Gasteiger partial charge in [-0.05, 0) is 18.6 Å². The molecule has 2 rings (SSSR count). The predicted molar refractivity (Wildman–Crippen MR) is 69.0 cm³/mol. The number of hydrogen-bond donors (Lipinski definition) is 2. The molecule has 0 saturated heterocycles. The van der Waals surface area contributed by atoms with Crippen molar-refractivity contribution in [2.24, 2.45) is 0 Å². The van der Waals surface area contributed by atoms with Crippen LogP contribution in [0.1, 0.15) is 30.3 Å². The Balaban J connectivity index is 2.16. The summed E-state index contributed by atoms with van der Waals surface area (Å²) >= 11 is 0. The number of aliphatic carboxylic acids is 1. The third-order valence-corrected chi connectivity index (χ3v) is 2.78. The normalized spacial score (nSPS) is 12.3. The van der Waals surface area contributed by atoms with Crippen LogP contribution in [0.3, 0.4) is 0 Å². The van der Waals surface area contributed by atoms with Gasteiger partial charge < -0.3 is 14.8 Å². The number of nitrogens with one attached hydrogen (secondary N) is 1. The van der Waals surface area contributed by atoms with Gasteiger partial charge in [0.2, 0.25) is 0 Å². The van der Waals surface area contributed by atoms with Gasteiger partial charge in [0.15, 0.2) is 0 Å². The number of carboxylic acids is 1. The van der Waals surface area contributed by atoms with E-state index in [1.807, 2.05) is 19.1 Å². The fourth-order valence-electron chi connectivity index (χ4n) is 1.82. The molecule has 0 saturated carbocycles. The van der Waals surface area contributed by atoms with Gasteiger partial charge in [-0.15, -0.1) is 0 Å². The Morgan fingerprint density at radius 3 is 2.89 bits per heavy atom. The second kappa shape index (κ2) is 5.51. The molecule has 2 N–H and O–H groups in total. The van der Waals surface area contributed by atoms with Gasteiger partial charge in [-0.1, -0.05) is 19.4 Å². The lowest BCUT2D eigenvalue weighted by Gasteiger charge is -2.11. The number of carbonyl (C=O) groups excluding carboxylic acids is 1. The topological polar surface area (TPSA) is 83.7 Å². The van der Waals surface area contributed by atoms with E-state index in [9.17, 15) is 9.59 Å². The van der Waals surface area contributed by atoms with Gasteiger partial charge in [-0.25, -0.2) is 9.78 Å². The highest BCUT2D eigenvalue weighted by Crippen LogP contribution is 2.05. The molecule has 0 aliphatic carbocycles. The van der Waals surface area contributed by atoms with Crippen LogP contribution in [0.25, 0.3) is 5.65 Å². The van der Waals surface area contributed by atoms with Gasteiger partial charge in [0.05, 0.1) is 0 Å². The summed E-state index contributed by atoms with van der Waals surface area (Å²) in [6.07, 6.45) is 4.44. The maximum absolute atomic E-state index is 12.0. The lowest BCUT2D eigenvalue weighted by molar-refractivity contribution is -0.139. The number of fused-ring (bicyclic) bond motifs is 1. The number of rotatable bonds is 5. The summed E-state index contributed by atoms with van der Waals surface area (Å²) in [4.78, 5) is 27.1. The first-order valence-electron chi connectivity index (χ1n) is 6.09. The molecule has 100 valence electrons. The SMILES string of the molecule is CCC[C@H](NC(=O)c1cn2ccccc2n1)C(=O)O. The van der Waals surface area contributed by atoms with E-state index in [0.717, 1.165) is 0 Å². The maximum Gasteiger partial charge on any atom is 0.326 e. The highest BCUT2D eigenvalue weighted by molar-refractivity contribution is 5.95. The molecule has 0 fully saturated rings. The van der Waals surface area contributed by atoms with Crippen LogP contribution in [0.5, 0.6) is 0 Å². The zero-order chi connectivity index (χ0) is 13.8. The lowest BCUT2D eigenvalue weighted by atomic mass is 10.1. The fourth-order valence-corrected chi connectivity index (χ4v) is 1.82. The summed E-state index contributed by atoms with van der Waals surface area (Å²) in [5.41, 5.74) is 0.864. The van der Waals surface area contributed by atoms with E-state index in [1.54, 1.807) is 22.9 Å². The summed E-state index contributed by atoms with van der Waals surface area (Å²) in [5, 5.41) is 11.5. The molecule has 6 heteroatoms. The van der Waals surface area contributed by atoms with E-state index in [4.69, 9.17) is 5.11 Å². The zero-order valence-corrected chi connectivity index (χ0v) is 10.5. The molecule has 0 unspecified atom stereocenters. The average Bonchev–Trinajstić information content (AvgIpc) is 2.81. The lowest BCUT2D eigenvalue weighted by Crippen LogP contribution is -2.40. The van der Waals surface area contributed by atoms with E-state index in [1.165, 1.54) is 0 Å². The van der Waals surface area contributed by atoms with Crippen LogP contribution >= 0.6 is 0 Å². The van der Waals surface area contributed by atoms with Gasteiger partial charge >= 0.3 is 5.97 Å². The van der Waals surface area contributed by atoms with Crippen LogP contribution in [0.2, 0.25) is 0 Å². The van der Waals surface area contributed by atoms with Crippen LogP contribution in [-0.4, -0.2) is 32.4 Å². The first kappa shape index (κ1) is 13.1. The molecule has 19 heavy (non-hydrogen) atoms. The Morgan fingerprint density at radius 1 is 1.47 bits per heavy atom. The Morgan fingerprint density at radius 2 is 2.26 bits per heavy atom. The van der Waals surface area contributed by atoms with Crippen molar-refractivity contribution in [1.29, 1.82) is 0 Å². The number of hydrogen-bond acceptors (Lipinski definition) is 3. The quantitative estimate of drug-likeness (QED) is 0.850. The standard InChI is InChI=1S/C13H15N3O3/c1-2-5-9(13(18)19)15-12(17)10-8-16-7-4-3-6-11(16)14-10/h3-4,6-9H,2,5H2,1H3,(H,15,17)(H,18,19)/t9-/m0/s1. The van der Waals surface area contributed by atoms with Crippen molar-refractivity contribution in [3.05, 3.63) is 36.3 Å². The minimum absolute atomic E-state index is 0.216. The number of amides is 1. The van der Waals surface area contributed by atoms with Crippen molar-refractivity contribution < 1.29 is 14.7 Å². The first-order valence-corrected chi connectivity index (χ1v) is 6.09. The second-order valence-electron chi connectivity index (χ2n) is 4.25. The number of imidazole rings is 1. The molecule has 2 aromatic heterocycles. The predicted octanol–water partition coefficient (Wildman–Crippen LogP) is 1.32. The van der Waals surface area contributed by atoms with E-state index < -0.39 is 17.9 Å². The van der Waals surface area contributed by atoms with Gasteiger partial charge in [-0.3, -0.25) is 4.79 Å². The summed E-state index contributed by atoms with van der Waals surface area (Å²) in [6, 6.07) is 4.55. The number of carboxylic acid groups (broad SMARTS) is 1. The molecule has 2 heterocycles. The van der Waals surface area contributed by atoms with Gasteiger partial charge in [-0.2, -0.15) is 0 Å². The van der Waals surface area contributed by atoms with E-state index in [2.05, 4.69) is 10.3 Å². The van der Waals surface area contributed by atoms with Crippen LogP contribution in [0.15, 0.2) is 30.6 Å². The molecule has 0 bridgehead atoms. The van der Waals surface area contributed by atoms with Crippen molar-refractivity contribution in [3.8, 4) is 0 Å². The number of nitrogens with zero attached hydrogens (tertiary/aromatic N) is 2. The Kier molecular flexibility index (Phi) is 3.79. The van der Waals surface area contributed by atoms with Crippen molar-refractivity contribution in [2.75, 3.05) is 0 Å². The smallest absolute Gasteiger partial charge is 0.326 e. The Bertz CT molecular complexity index is 573. The zero-order valence-electron chi connectivity index (χ0n) is 10.5. The molecule has 1 atom stereocenters. The molecule has 0 spiro atoms. The summed E-state index contributed by atoms with van der Waals surface area (Å²) in [6.45, 7) is 1.87. The molecule has 0 aromatic carbocycles. The fraction of sp³-hybridized carbons (Fsp3) is 0.308. The summed E-state index contributed by atoms with van der Waals surface area (Å²) < 4.78 is 1.71. The second-order valence-corrected chi connectivity index (χ2v) is 4.25. The molecule has 2 aromatic rings. The summed E-state index contributed by atoms with van der Waals surface area (Å²) in [5.74, 6) is -1.50.